The maximum atomic E-state index is 12.6. The summed E-state index contributed by atoms with van der Waals surface area (Å²) in [6, 6.07) is -0.367. The summed E-state index contributed by atoms with van der Waals surface area (Å²) < 4.78 is 4.90. The van der Waals surface area contributed by atoms with Gasteiger partial charge in [-0.05, 0) is 44.6 Å². The van der Waals surface area contributed by atoms with Crippen LogP contribution in [-0.2, 0) is 22.4 Å². The van der Waals surface area contributed by atoms with Gasteiger partial charge in [0, 0.05) is 18.0 Å². The molecule has 2 N–H and O–H groups in total. The second kappa shape index (κ2) is 6.67. The number of hydrogen-bond donors (Lipinski definition) is 2. The minimum absolute atomic E-state index is 0.160. The average molecular weight is 366 g/mol. The Kier molecular flexibility index (Phi) is 4.73. The van der Waals surface area contributed by atoms with Crippen LogP contribution in [0.15, 0.2) is 0 Å². The van der Waals surface area contributed by atoms with Crippen LogP contribution in [0.1, 0.15) is 47.0 Å². The van der Waals surface area contributed by atoms with Gasteiger partial charge < -0.3 is 14.7 Å². The zero-order valence-electron chi connectivity index (χ0n) is 14.4. The van der Waals surface area contributed by atoms with Crippen molar-refractivity contribution in [3.05, 3.63) is 16.0 Å². The number of methoxy groups -OCH3 is 1. The third kappa shape index (κ3) is 3.22. The predicted octanol–water partition coefficient (Wildman–Crippen LogP) is 2.74. The minimum atomic E-state index is -0.919. The number of esters is 1. The van der Waals surface area contributed by atoms with E-state index < -0.39 is 17.4 Å². The Morgan fingerprint density at radius 1 is 1.28 bits per heavy atom. The Hall–Kier alpha value is -2.09. The average Bonchev–Trinajstić information content (AvgIpc) is 3.15. The number of urea groups is 1. The molecule has 1 fully saturated rings. The summed E-state index contributed by atoms with van der Waals surface area (Å²) in [6.45, 7) is 2.19. The van der Waals surface area contributed by atoms with E-state index in [2.05, 4.69) is 5.32 Å². The van der Waals surface area contributed by atoms with Gasteiger partial charge in [0.15, 0.2) is 0 Å². The van der Waals surface area contributed by atoms with Crippen molar-refractivity contribution in [3.8, 4) is 0 Å². The number of nitrogens with one attached hydrogen (secondary N) is 1. The van der Waals surface area contributed by atoms with E-state index in [0.29, 0.717) is 23.5 Å². The standard InChI is InChI=1S/C17H22N2O5S/c1-17(15(21)22)7-8-19(9-17)16(23)18-13-12(14(20)24-2)10-5-3-4-6-11(10)25-13/h3-9H2,1-2H3,(H,18,23)(H,21,22). The molecule has 0 bridgehead atoms. The van der Waals surface area contributed by atoms with Gasteiger partial charge >= 0.3 is 18.0 Å². The fourth-order valence-corrected chi connectivity index (χ4v) is 4.72. The van der Waals surface area contributed by atoms with Gasteiger partial charge in [-0.25, -0.2) is 9.59 Å². The lowest BCUT2D eigenvalue weighted by molar-refractivity contribution is -0.146. The number of anilines is 1. The molecule has 136 valence electrons. The Labute approximate surface area is 150 Å². The van der Waals surface area contributed by atoms with Gasteiger partial charge in [0.05, 0.1) is 18.1 Å². The molecule has 8 heteroatoms. The van der Waals surface area contributed by atoms with Crippen LogP contribution in [0.2, 0.25) is 0 Å². The maximum Gasteiger partial charge on any atom is 0.341 e. The number of nitrogens with zero attached hydrogens (tertiary/aromatic N) is 1. The third-order valence-corrected chi connectivity index (χ3v) is 6.27. The fourth-order valence-electron chi connectivity index (χ4n) is 3.46. The minimum Gasteiger partial charge on any atom is -0.481 e. The van der Waals surface area contributed by atoms with Crippen LogP contribution in [0.3, 0.4) is 0 Å². The summed E-state index contributed by atoms with van der Waals surface area (Å²) in [6.07, 6.45) is 4.23. The summed E-state index contributed by atoms with van der Waals surface area (Å²) in [5.74, 6) is -1.34. The molecule has 0 spiro atoms. The van der Waals surface area contributed by atoms with Gasteiger partial charge in [-0.3, -0.25) is 10.1 Å². The van der Waals surface area contributed by atoms with Gasteiger partial charge in [0.25, 0.3) is 0 Å². The van der Waals surface area contributed by atoms with Crippen LogP contribution >= 0.6 is 11.3 Å². The van der Waals surface area contributed by atoms with Crippen LogP contribution in [-0.4, -0.2) is 48.2 Å². The van der Waals surface area contributed by atoms with E-state index in [4.69, 9.17) is 4.74 Å². The molecule has 0 aromatic carbocycles. The summed E-state index contributed by atoms with van der Waals surface area (Å²) in [4.78, 5) is 38.7. The Morgan fingerprint density at radius 3 is 2.64 bits per heavy atom. The molecule has 2 heterocycles. The molecule has 1 saturated heterocycles. The number of carboxylic acid groups (broad SMARTS) is 1. The quantitative estimate of drug-likeness (QED) is 0.802. The number of hydrogen-bond acceptors (Lipinski definition) is 5. The SMILES string of the molecule is COC(=O)c1c(NC(=O)N2CCC(C)(C(=O)O)C2)sc2c1CCCC2. The zero-order valence-corrected chi connectivity index (χ0v) is 15.2. The monoisotopic (exact) mass is 366 g/mol. The summed E-state index contributed by atoms with van der Waals surface area (Å²) in [5, 5.41) is 12.6. The number of likely N-dealkylation sites (tertiary alicyclic amines) is 1. The highest BCUT2D eigenvalue weighted by atomic mass is 32.1. The number of amides is 2. The molecule has 0 saturated carbocycles. The molecule has 0 radical (unpaired) electrons. The van der Waals surface area contributed by atoms with Crippen molar-refractivity contribution in [2.45, 2.75) is 39.0 Å². The van der Waals surface area contributed by atoms with Crippen molar-refractivity contribution in [1.29, 1.82) is 0 Å². The van der Waals surface area contributed by atoms with Crippen LogP contribution in [0.5, 0.6) is 0 Å². The predicted molar refractivity (Wildman–Crippen MR) is 93.3 cm³/mol. The van der Waals surface area contributed by atoms with Gasteiger partial charge in [-0.1, -0.05) is 0 Å². The van der Waals surface area contributed by atoms with Crippen molar-refractivity contribution >= 4 is 34.3 Å². The number of ether oxygens (including phenoxy) is 1. The summed E-state index contributed by atoms with van der Waals surface area (Å²) in [5.41, 5.74) is 0.517. The normalized spacial score (nSPS) is 22.4. The highest BCUT2D eigenvalue weighted by Crippen LogP contribution is 2.39. The number of aryl methyl sites for hydroxylation is 1. The smallest absolute Gasteiger partial charge is 0.341 e. The van der Waals surface area contributed by atoms with E-state index in [0.717, 1.165) is 36.1 Å². The van der Waals surface area contributed by atoms with E-state index >= 15 is 0 Å². The molecular weight excluding hydrogens is 344 g/mol. The van der Waals surface area contributed by atoms with Crippen molar-refractivity contribution < 1.29 is 24.2 Å². The largest absolute Gasteiger partial charge is 0.481 e. The second-order valence-electron chi connectivity index (χ2n) is 6.87. The van der Waals surface area contributed by atoms with Gasteiger partial charge in [-0.15, -0.1) is 11.3 Å². The lowest BCUT2D eigenvalue weighted by Crippen LogP contribution is -2.37. The van der Waals surface area contributed by atoms with E-state index in [1.165, 1.54) is 23.3 Å². The summed E-state index contributed by atoms with van der Waals surface area (Å²) in [7, 11) is 1.33. The molecule has 1 aromatic rings. The van der Waals surface area contributed by atoms with Crippen LogP contribution in [0, 0.1) is 5.41 Å². The summed E-state index contributed by atoms with van der Waals surface area (Å²) >= 11 is 1.42. The molecule has 1 aromatic heterocycles. The first kappa shape index (κ1) is 17.7. The van der Waals surface area contributed by atoms with Crippen LogP contribution in [0.25, 0.3) is 0 Å². The number of carbonyl (C=O) groups excluding carboxylic acids is 2. The molecule has 1 atom stereocenters. The first-order valence-electron chi connectivity index (χ1n) is 8.38. The zero-order chi connectivity index (χ0) is 18.2. The molecule has 3 rings (SSSR count). The van der Waals surface area contributed by atoms with Gasteiger partial charge in [-0.2, -0.15) is 0 Å². The maximum absolute atomic E-state index is 12.6. The molecule has 1 unspecified atom stereocenters. The Bertz CT molecular complexity index is 729. The molecule has 2 aliphatic rings. The lowest BCUT2D eigenvalue weighted by Gasteiger charge is -2.20. The highest BCUT2D eigenvalue weighted by Gasteiger charge is 2.42. The van der Waals surface area contributed by atoms with Crippen LogP contribution < -0.4 is 5.32 Å². The number of thiophene rings is 1. The molecular formula is C17H22N2O5S. The first-order valence-corrected chi connectivity index (χ1v) is 9.19. The van der Waals surface area contributed by atoms with Crippen molar-refractivity contribution in [3.63, 3.8) is 0 Å². The number of fused-ring (bicyclic) bond motifs is 1. The molecule has 1 aliphatic heterocycles. The Morgan fingerprint density at radius 2 is 2.00 bits per heavy atom. The number of carboxylic acids is 1. The number of aliphatic carboxylic acids is 1. The van der Waals surface area contributed by atoms with Crippen molar-refractivity contribution in [2.75, 3.05) is 25.5 Å². The van der Waals surface area contributed by atoms with E-state index in [-0.39, 0.29) is 12.6 Å². The van der Waals surface area contributed by atoms with Crippen molar-refractivity contribution in [2.24, 2.45) is 5.41 Å². The van der Waals surface area contributed by atoms with Gasteiger partial charge in [0.1, 0.15) is 5.00 Å². The van der Waals surface area contributed by atoms with Gasteiger partial charge in [0.2, 0.25) is 0 Å². The highest BCUT2D eigenvalue weighted by molar-refractivity contribution is 7.17. The molecule has 1 aliphatic carbocycles. The van der Waals surface area contributed by atoms with E-state index in [1.54, 1.807) is 6.92 Å². The topological polar surface area (TPSA) is 95.9 Å². The van der Waals surface area contributed by atoms with E-state index in [9.17, 15) is 19.5 Å². The third-order valence-electron chi connectivity index (χ3n) is 5.06. The molecule has 7 nitrogen and oxygen atoms in total. The lowest BCUT2D eigenvalue weighted by atomic mass is 9.90. The molecule has 25 heavy (non-hydrogen) atoms. The fraction of sp³-hybridized carbons (Fsp3) is 0.588. The Balaban J connectivity index is 1.81. The first-order chi connectivity index (χ1) is 11.9. The van der Waals surface area contributed by atoms with Crippen LogP contribution in [0.4, 0.5) is 9.80 Å². The van der Waals surface area contributed by atoms with Crippen molar-refractivity contribution in [1.82, 2.24) is 4.90 Å². The number of carbonyl (C=O) groups is 3. The molecule has 2 amide bonds. The number of rotatable bonds is 3. The van der Waals surface area contributed by atoms with E-state index in [1.807, 2.05) is 0 Å². The second-order valence-corrected chi connectivity index (χ2v) is 7.98.